The van der Waals surface area contributed by atoms with Gasteiger partial charge in [-0.3, -0.25) is 9.58 Å². The molecule has 2 aromatic heterocycles. The van der Waals surface area contributed by atoms with Crippen molar-refractivity contribution in [2.75, 3.05) is 7.05 Å². The molecule has 2 aromatic rings. The Labute approximate surface area is 111 Å². The Morgan fingerprint density at radius 2 is 2.11 bits per heavy atom. The van der Waals surface area contributed by atoms with Crippen LogP contribution in [-0.2, 0) is 27.3 Å². The Hall–Kier alpha value is -1.47. The number of nitrogens with zero attached hydrogens (tertiary/aromatic N) is 6. The van der Waals surface area contributed by atoms with E-state index in [4.69, 9.17) is 12.2 Å². The third kappa shape index (κ3) is 2.68. The Kier molecular flexibility index (Phi) is 3.63. The fraction of sp³-hybridized carbons (Fsp3) is 0.545. The molecule has 0 saturated heterocycles. The van der Waals surface area contributed by atoms with Crippen LogP contribution in [0.25, 0.3) is 0 Å². The van der Waals surface area contributed by atoms with Gasteiger partial charge in [0.25, 0.3) is 0 Å². The van der Waals surface area contributed by atoms with Crippen LogP contribution in [0.3, 0.4) is 0 Å². The van der Waals surface area contributed by atoms with E-state index in [1.54, 1.807) is 4.68 Å². The van der Waals surface area contributed by atoms with Crippen molar-refractivity contribution in [2.24, 2.45) is 14.1 Å². The molecule has 2 rings (SSSR count). The Morgan fingerprint density at radius 3 is 2.61 bits per heavy atom. The second kappa shape index (κ2) is 5.03. The molecular weight excluding hydrogens is 248 g/mol. The van der Waals surface area contributed by atoms with Crippen LogP contribution in [0.5, 0.6) is 0 Å². The minimum absolute atomic E-state index is 0.676. The maximum Gasteiger partial charge on any atom is 0.198 e. The average molecular weight is 266 g/mol. The summed E-state index contributed by atoms with van der Waals surface area (Å²) in [6.45, 7) is 3.45. The molecule has 0 aliphatic rings. The van der Waals surface area contributed by atoms with Crippen LogP contribution >= 0.6 is 12.2 Å². The fourth-order valence-electron chi connectivity index (χ4n) is 1.83. The van der Waals surface area contributed by atoms with Crippen LogP contribution in [-0.4, -0.2) is 36.1 Å². The molecule has 0 radical (unpaired) electrons. The lowest BCUT2D eigenvalue weighted by Crippen LogP contribution is -2.22. The van der Waals surface area contributed by atoms with E-state index in [-0.39, 0.29) is 0 Å². The van der Waals surface area contributed by atoms with Gasteiger partial charge in [-0.05, 0) is 26.2 Å². The zero-order valence-corrected chi connectivity index (χ0v) is 12.0. The molecule has 0 amide bonds. The van der Waals surface area contributed by atoms with Crippen molar-refractivity contribution in [1.29, 1.82) is 0 Å². The lowest BCUT2D eigenvalue weighted by Gasteiger charge is -2.15. The van der Waals surface area contributed by atoms with E-state index in [0.717, 1.165) is 17.1 Å². The molecule has 0 unspecified atom stereocenters. The van der Waals surface area contributed by atoms with Gasteiger partial charge < -0.3 is 4.57 Å². The molecule has 0 spiro atoms. The van der Waals surface area contributed by atoms with Gasteiger partial charge in [0.05, 0.1) is 12.9 Å². The van der Waals surface area contributed by atoms with Crippen LogP contribution in [0.2, 0.25) is 0 Å². The molecule has 0 fully saturated rings. The van der Waals surface area contributed by atoms with Crippen LogP contribution in [0, 0.1) is 11.7 Å². The molecule has 18 heavy (non-hydrogen) atoms. The highest BCUT2D eigenvalue weighted by molar-refractivity contribution is 7.71. The summed E-state index contributed by atoms with van der Waals surface area (Å²) < 4.78 is 6.29. The summed E-state index contributed by atoms with van der Waals surface area (Å²) >= 11 is 5.32. The van der Waals surface area contributed by atoms with Gasteiger partial charge in [-0.15, -0.1) is 0 Å². The molecule has 0 saturated carbocycles. The summed E-state index contributed by atoms with van der Waals surface area (Å²) in [4.78, 5) is 2.15. The maximum absolute atomic E-state index is 5.32. The quantitative estimate of drug-likeness (QED) is 0.777. The molecule has 0 aliphatic heterocycles. The molecule has 0 aromatic carbocycles. The van der Waals surface area contributed by atoms with Crippen LogP contribution in [0.1, 0.15) is 11.4 Å². The number of hydrogen-bond acceptors (Lipinski definition) is 4. The van der Waals surface area contributed by atoms with Gasteiger partial charge >= 0.3 is 0 Å². The minimum Gasteiger partial charge on any atom is -0.307 e. The first-order chi connectivity index (χ1) is 8.47. The highest BCUT2D eigenvalue weighted by atomic mass is 32.1. The SMILES string of the molecule is Cc1nn(CN(C)Cc2cnn(C)c2)c(=S)n1C. The summed E-state index contributed by atoms with van der Waals surface area (Å²) in [5.74, 6) is 0.926. The second-order valence-corrected chi connectivity index (χ2v) is 4.93. The summed E-state index contributed by atoms with van der Waals surface area (Å²) in [6, 6.07) is 0. The fourth-order valence-corrected chi connectivity index (χ4v) is 2.06. The van der Waals surface area contributed by atoms with Gasteiger partial charge in [0.15, 0.2) is 4.77 Å². The Bertz CT molecular complexity index is 593. The lowest BCUT2D eigenvalue weighted by atomic mass is 10.3. The second-order valence-electron chi connectivity index (χ2n) is 4.57. The summed E-state index contributed by atoms with van der Waals surface area (Å²) in [5.41, 5.74) is 1.18. The van der Waals surface area contributed by atoms with E-state index >= 15 is 0 Å². The van der Waals surface area contributed by atoms with Crippen molar-refractivity contribution in [1.82, 2.24) is 29.0 Å². The molecule has 7 heteroatoms. The Morgan fingerprint density at radius 1 is 1.39 bits per heavy atom. The monoisotopic (exact) mass is 266 g/mol. The largest absolute Gasteiger partial charge is 0.307 e. The normalized spacial score (nSPS) is 11.4. The minimum atomic E-state index is 0.676. The molecule has 0 N–H and O–H groups in total. The first-order valence-corrected chi connectivity index (χ1v) is 6.14. The van der Waals surface area contributed by atoms with E-state index in [2.05, 4.69) is 15.1 Å². The van der Waals surface area contributed by atoms with Crippen molar-refractivity contribution >= 4 is 12.2 Å². The summed E-state index contributed by atoms with van der Waals surface area (Å²) in [7, 11) is 5.89. The third-order valence-electron chi connectivity index (χ3n) is 2.84. The van der Waals surface area contributed by atoms with E-state index in [1.807, 2.05) is 49.7 Å². The zero-order chi connectivity index (χ0) is 13.3. The van der Waals surface area contributed by atoms with Gasteiger partial charge in [-0.1, -0.05) is 0 Å². The predicted molar refractivity (Wildman–Crippen MR) is 71.4 cm³/mol. The van der Waals surface area contributed by atoms with E-state index in [9.17, 15) is 0 Å². The summed E-state index contributed by atoms with van der Waals surface area (Å²) in [5, 5.41) is 8.56. The van der Waals surface area contributed by atoms with Crippen molar-refractivity contribution < 1.29 is 0 Å². The number of aryl methyl sites for hydroxylation is 2. The van der Waals surface area contributed by atoms with E-state index in [0.29, 0.717) is 6.67 Å². The van der Waals surface area contributed by atoms with Crippen molar-refractivity contribution in [2.45, 2.75) is 20.1 Å². The van der Waals surface area contributed by atoms with Gasteiger partial charge in [0, 0.05) is 32.4 Å². The molecular formula is C11H18N6S. The highest BCUT2D eigenvalue weighted by Gasteiger charge is 2.07. The topological polar surface area (TPSA) is 43.8 Å². The van der Waals surface area contributed by atoms with Crippen LogP contribution < -0.4 is 0 Å². The van der Waals surface area contributed by atoms with Crippen LogP contribution in [0.15, 0.2) is 12.4 Å². The molecule has 0 aliphatic carbocycles. The van der Waals surface area contributed by atoms with Gasteiger partial charge in [0.1, 0.15) is 5.82 Å². The smallest absolute Gasteiger partial charge is 0.198 e. The first kappa shape index (κ1) is 13.0. The van der Waals surface area contributed by atoms with E-state index < -0.39 is 0 Å². The van der Waals surface area contributed by atoms with Gasteiger partial charge in [0.2, 0.25) is 0 Å². The van der Waals surface area contributed by atoms with Gasteiger partial charge in [-0.25, -0.2) is 4.68 Å². The molecule has 0 atom stereocenters. The highest BCUT2D eigenvalue weighted by Crippen LogP contribution is 2.04. The van der Waals surface area contributed by atoms with Crippen molar-refractivity contribution in [3.63, 3.8) is 0 Å². The van der Waals surface area contributed by atoms with Crippen molar-refractivity contribution in [3.8, 4) is 0 Å². The number of hydrogen-bond donors (Lipinski definition) is 0. The molecule has 98 valence electrons. The third-order valence-corrected chi connectivity index (χ3v) is 3.33. The maximum atomic E-state index is 5.32. The lowest BCUT2D eigenvalue weighted by molar-refractivity contribution is 0.243. The molecule has 6 nitrogen and oxygen atoms in total. The van der Waals surface area contributed by atoms with Crippen molar-refractivity contribution in [3.05, 3.63) is 28.6 Å². The standard InChI is InChI=1S/C11H18N6S/c1-9-13-17(11(18)16(9)4)8-14(2)6-10-5-12-15(3)7-10/h5,7H,6,8H2,1-4H3. The molecule has 0 bridgehead atoms. The van der Waals surface area contributed by atoms with E-state index in [1.165, 1.54) is 5.56 Å². The van der Waals surface area contributed by atoms with Gasteiger partial charge in [-0.2, -0.15) is 10.2 Å². The number of rotatable bonds is 4. The zero-order valence-electron chi connectivity index (χ0n) is 11.2. The van der Waals surface area contributed by atoms with Crippen LogP contribution in [0.4, 0.5) is 0 Å². The Balaban J connectivity index is 2.05. The predicted octanol–water partition coefficient (Wildman–Crippen LogP) is 1.08. The molecule has 2 heterocycles. The number of aromatic nitrogens is 5. The average Bonchev–Trinajstić information content (AvgIpc) is 2.80. The first-order valence-electron chi connectivity index (χ1n) is 5.74. The summed E-state index contributed by atoms with van der Waals surface area (Å²) in [6.07, 6.45) is 3.89.